The molecule has 0 radical (unpaired) electrons. The number of piperidine rings is 1. The number of benzene rings is 1. The minimum atomic E-state index is -0.625. The van der Waals surface area contributed by atoms with Crippen LogP contribution in [0.1, 0.15) is 35.9 Å². The van der Waals surface area contributed by atoms with Crippen LogP contribution in [-0.2, 0) is 13.0 Å². The van der Waals surface area contributed by atoms with E-state index in [2.05, 4.69) is 16.5 Å². The Bertz CT molecular complexity index is 1080. The zero-order valence-corrected chi connectivity index (χ0v) is 16.8. The minimum absolute atomic E-state index is 0.0760. The third-order valence-electron chi connectivity index (χ3n) is 5.65. The molecular weight excluding hydrogens is 370 g/mol. The van der Waals surface area contributed by atoms with E-state index in [4.69, 9.17) is 9.15 Å². The van der Waals surface area contributed by atoms with Gasteiger partial charge in [-0.3, -0.25) is 4.79 Å². The second-order valence-electron chi connectivity index (χ2n) is 7.41. The normalized spacial score (nSPS) is 15.0. The first kappa shape index (κ1) is 19.2. The largest absolute Gasteiger partial charge is 0.493 e. The lowest BCUT2D eigenvalue weighted by atomic mass is 9.96. The van der Waals surface area contributed by atoms with Crippen molar-refractivity contribution in [3.8, 4) is 5.75 Å². The number of carbonyl (C=O) groups is 1. The summed E-state index contributed by atoms with van der Waals surface area (Å²) in [4.78, 5) is 31.5. The fourth-order valence-electron chi connectivity index (χ4n) is 4.02. The number of hydrogen-bond acceptors (Lipinski definition) is 5. The molecule has 1 amide bonds. The summed E-state index contributed by atoms with van der Waals surface area (Å²) < 4.78 is 12.8. The maximum atomic E-state index is 13.0. The standard InChI is InChI=1S/C22H25N3O4/c1-3-19-23-9-12-25(19)14-15-7-10-24(11-8-15)21(26)17-13-16-5-4-6-18(28-2)20(16)29-22(17)27/h4-6,9,12-13,15H,3,7-8,10-11,14H2,1-2H3. The lowest BCUT2D eigenvalue weighted by Gasteiger charge is -2.32. The highest BCUT2D eigenvalue weighted by molar-refractivity contribution is 5.97. The van der Waals surface area contributed by atoms with Gasteiger partial charge in [0.25, 0.3) is 5.91 Å². The number of methoxy groups -OCH3 is 1. The molecule has 1 aliphatic rings. The van der Waals surface area contributed by atoms with E-state index >= 15 is 0 Å². The zero-order valence-electron chi connectivity index (χ0n) is 16.8. The van der Waals surface area contributed by atoms with Crippen LogP contribution in [0.5, 0.6) is 5.75 Å². The molecule has 0 atom stereocenters. The summed E-state index contributed by atoms with van der Waals surface area (Å²) in [6.07, 6.45) is 6.57. The molecule has 3 heterocycles. The van der Waals surface area contributed by atoms with Crippen LogP contribution in [0.25, 0.3) is 11.0 Å². The number of aryl methyl sites for hydroxylation is 1. The average molecular weight is 395 g/mol. The highest BCUT2D eigenvalue weighted by Gasteiger charge is 2.26. The van der Waals surface area contributed by atoms with E-state index in [-0.39, 0.29) is 11.5 Å². The number of fused-ring (bicyclic) bond motifs is 1. The Balaban J connectivity index is 1.47. The average Bonchev–Trinajstić information content (AvgIpc) is 3.20. The monoisotopic (exact) mass is 395 g/mol. The van der Waals surface area contributed by atoms with Crippen LogP contribution in [0.2, 0.25) is 0 Å². The van der Waals surface area contributed by atoms with E-state index < -0.39 is 5.63 Å². The van der Waals surface area contributed by atoms with Crippen molar-refractivity contribution in [3.63, 3.8) is 0 Å². The topological polar surface area (TPSA) is 77.6 Å². The summed E-state index contributed by atoms with van der Waals surface area (Å²) >= 11 is 0. The minimum Gasteiger partial charge on any atom is -0.493 e. The lowest BCUT2D eigenvalue weighted by Crippen LogP contribution is -2.41. The molecule has 1 aromatic carbocycles. The van der Waals surface area contributed by atoms with Crippen molar-refractivity contribution < 1.29 is 13.9 Å². The van der Waals surface area contributed by atoms with Gasteiger partial charge in [-0.15, -0.1) is 0 Å². The molecule has 0 saturated carbocycles. The Morgan fingerprint density at radius 2 is 2.10 bits per heavy atom. The van der Waals surface area contributed by atoms with E-state index in [1.807, 2.05) is 18.5 Å². The number of hydrogen-bond donors (Lipinski definition) is 0. The third kappa shape index (κ3) is 3.77. The fourth-order valence-corrected chi connectivity index (χ4v) is 4.02. The van der Waals surface area contributed by atoms with E-state index in [0.717, 1.165) is 31.6 Å². The number of imidazole rings is 1. The van der Waals surface area contributed by atoms with E-state index in [0.29, 0.717) is 35.7 Å². The second-order valence-corrected chi connectivity index (χ2v) is 7.41. The van der Waals surface area contributed by atoms with E-state index in [1.54, 1.807) is 23.1 Å². The molecule has 152 valence electrons. The summed E-state index contributed by atoms with van der Waals surface area (Å²) in [5.74, 6) is 1.80. The van der Waals surface area contributed by atoms with Gasteiger partial charge in [0.15, 0.2) is 11.3 Å². The van der Waals surface area contributed by atoms with Crippen LogP contribution in [0.15, 0.2) is 45.9 Å². The molecule has 2 aromatic heterocycles. The van der Waals surface area contributed by atoms with Gasteiger partial charge in [-0.2, -0.15) is 0 Å². The number of rotatable bonds is 5. The highest BCUT2D eigenvalue weighted by Crippen LogP contribution is 2.26. The van der Waals surface area contributed by atoms with Gasteiger partial charge in [0, 0.05) is 43.8 Å². The Kier molecular flexibility index (Phi) is 5.38. The zero-order chi connectivity index (χ0) is 20.4. The molecule has 29 heavy (non-hydrogen) atoms. The molecule has 0 aliphatic carbocycles. The fraction of sp³-hybridized carbons (Fsp3) is 0.409. The number of carbonyl (C=O) groups excluding carboxylic acids is 1. The maximum absolute atomic E-state index is 13.0. The SMILES string of the molecule is CCc1nccn1CC1CCN(C(=O)c2cc3cccc(OC)c3oc2=O)CC1. The molecule has 0 spiro atoms. The maximum Gasteiger partial charge on any atom is 0.349 e. The first-order valence-electron chi connectivity index (χ1n) is 10.0. The van der Waals surface area contributed by atoms with Gasteiger partial charge in [0.05, 0.1) is 7.11 Å². The van der Waals surface area contributed by atoms with Crippen molar-refractivity contribution >= 4 is 16.9 Å². The van der Waals surface area contributed by atoms with Crippen LogP contribution >= 0.6 is 0 Å². The van der Waals surface area contributed by atoms with Crippen LogP contribution in [0.4, 0.5) is 0 Å². The number of likely N-dealkylation sites (tertiary alicyclic amines) is 1. The Morgan fingerprint density at radius 3 is 2.83 bits per heavy atom. The quantitative estimate of drug-likeness (QED) is 0.621. The molecule has 0 bridgehead atoms. The lowest BCUT2D eigenvalue weighted by molar-refractivity contribution is 0.0678. The molecular formula is C22H25N3O4. The number of nitrogens with zero attached hydrogens (tertiary/aromatic N) is 3. The predicted molar refractivity (Wildman–Crippen MR) is 109 cm³/mol. The smallest absolute Gasteiger partial charge is 0.349 e. The molecule has 7 nitrogen and oxygen atoms in total. The van der Waals surface area contributed by atoms with Crippen molar-refractivity contribution in [1.29, 1.82) is 0 Å². The predicted octanol–water partition coefficient (Wildman–Crippen LogP) is 3.11. The molecule has 0 unspecified atom stereocenters. The Labute approximate surface area is 168 Å². The molecule has 1 aliphatic heterocycles. The first-order valence-corrected chi connectivity index (χ1v) is 10.0. The highest BCUT2D eigenvalue weighted by atomic mass is 16.5. The number of aromatic nitrogens is 2. The molecule has 1 fully saturated rings. The number of para-hydroxylation sites is 1. The van der Waals surface area contributed by atoms with Gasteiger partial charge >= 0.3 is 5.63 Å². The summed E-state index contributed by atoms with van der Waals surface area (Å²) in [7, 11) is 1.52. The number of amides is 1. The van der Waals surface area contributed by atoms with Crippen molar-refractivity contribution in [2.45, 2.75) is 32.7 Å². The summed E-state index contributed by atoms with van der Waals surface area (Å²) in [5, 5.41) is 0.675. The third-order valence-corrected chi connectivity index (χ3v) is 5.65. The van der Waals surface area contributed by atoms with E-state index in [1.165, 1.54) is 7.11 Å². The van der Waals surface area contributed by atoms with Crippen LogP contribution in [-0.4, -0.2) is 40.6 Å². The van der Waals surface area contributed by atoms with Gasteiger partial charge in [0.1, 0.15) is 11.4 Å². The van der Waals surface area contributed by atoms with Crippen molar-refractivity contribution in [2.75, 3.05) is 20.2 Å². The molecule has 0 N–H and O–H groups in total. The van der Waals surface area contributed by atoms with Gasteiger partial charge in [0.2, 0.25) is 0 Å². The van der Waals surface area contributed by atoms with E-state index in [9.17, 15) is 9.59 Å². The molecule has 3 aromatic rings. The van der Waals surface area contributed by atoms with Gasteiger partial charge in [-0.25, -0.2) is 9.78 Å². The van der Waals surface area contributed by atoms with Crippen molar-refractivity contribution in [2.24, 2.45) is 5.92 Å². The Morgan fingerprint density at radius 1 is 1.31 bits per heavy atom. The number of ether oxygens (including phenoxy) is 1. The van der Waals surface area contributed by atoms with Crippen LogP contribution in [0, 0.1) is 5.92 Å². The summed E-state index contributed by atoms with van der Waals surface area (Å²) in [6, 6.07) is 6.95. The van der Waals surface area contributed by atoms with Crippen molar-refractivity contribution in [1.82, 2.24) is 14.5 Å². The van der Waals surface area contributed by atoms with Gasteiger partial charge < -0.3 is 18.6 Å². The Hall–Kier alpha value is -3.09. The van der Waals surface area contributed by atoms with Gasteiger partial charge in [-0.05, 0) is 30.9 Å². The van der Waals surface area contributed by atoms with Crippen LogP contribution < -0.4 is 10.4 Å². The first-order chi connectivity index (χ1) is 14.1. The molecule has 1 saturated heterocycles. The summed E-state index contributed by atoms with van der Waals surface area (Å²) in [5.41, 5.74) is -0.186. The van der Waals surface area contributed by atoms with Crippen molar-refractivity contribution in [3.05, 3.63) is 58.5 Å². The molecule has 7 heteroatoms. The second kappa shape index (κ2) is 8.11. The summed E-state index contributed by atoms with van der Waals surface area (Å²) in [6.45, 7) is 4.29. The van der Waals surface area contributed by atoms with Gasteiger partial charge in [-0.1, -0.05) is 19.1 Å². The van der Waals surface area contributed by atoms with Crippen LogP contribution in [0.3, 0.4) is 0 Å². The molecule has 4 rings (SSSR count).